The normalized spacial score (nSPS) is 11.6. The zero-order valence-corrected chi connectivity index (χ0v) is 13.6. The summed E-state index contributed by atoms with van der Waals surface area (Å²) in [7, 11) is 3.14. The summed E-state index contributed by atoms with van der Waals surface area (Å²) in [6.45, 7) is 1.88. The van der Waals surface area contributed by atoms with E-state index in [0.29, 0.717) is 17.2 Å². The molecule has 0 aliphatic carbocycles. The highest BCUT2D eigenvalue weighted by Gasteiger charge is 2.15. The molecule has 0 aliphatic heterocycles. The van der Waals surface area contributed by atoms with Crippen LogP contribution in [-0.2, 0) is 4.79 Å². The SMILES string of the molecule is COc1ccc(NC(=O)[C@@H](C)Sc2ccccc2)cc1OC. The first-order valence-electron chi connectivity index (χ1n) is 6.88. The second-order valence-electron chi connectivity index (χ2n) is 4.63. The van der Waals surface area contributed by atoms with Crippen molar-refractivity contribution >= 4 is 23.4 Å². The van der Waals surface area contributed by atoms with Crippen LogP contribution in [0.4, 0.5) is 5.69 Å². The quantitative estimate of drug-likeness (QED) is 0.823. The Morgan fingerprint density at radius 1 is 1.05 bits per heavy atom. The molecule has 2 aromatic rings. The second-order valence-corrected chi connectivity index (χ2v) is 6.05. The third kappa shape index (κ3) is 4.18. The molecule has 116 valence electrons. The van der Waals surface area contributed by atoms with Gasteiger partial charge in [-0.25, -0.2) is 0 Å². The Bertz CT molecular complexity index is 631. The Balaban J connectivity index is 2.02. The molecule has 0 heterocycles. The number of methoxy groups -OCH3 is 2. The van der Waals surface area contributed by atoms with Crippen LogP contribution in [0.3, 0.4) is 0 Å². The van der Waals surface area contributed by atoms with Gasteiger partial charge in [0, 0.05) is 16.6 Å². The number of hydrogen-bond acceptors (Lipinski definition) is 4. The topological polar surface area (TPSA) is 47.6 Å². The van der Waals surface area contributed by atoms with E-state index in [1.807, 2.05) is 37.3 Å². The monoisotopic (exact) mass is 317 g/mol. The summed E-state index contributed by atoms with van der Waals surface area (Å²) in [5, 5.41) is 2.69. The molecule has 0 unspecified atom stereocenters. The van der Waals surface area contributed by atoms with Crippen molar-refractivity contribution in [3.63, 3.8) is 0 Å². The van der Waals surface area contributed by atoms with Crippen molar-refractivity contribution in [1.82, 2.24) is 0 Å². The number of carbonyl (C=O) groups excluding carboxylic acids is 1. The molecule has 1 amide bonds. The van der Waals surface area contributed by atoms with Gasteiger partial charge in [-0.05, 0) is 31.2 Å². The highest BCUT2D eigenvalue weighted by atomic mass is 32.2. The lowest BCUT2D eigenvalue weighted by atomic mass is 10.2. The van der Waals surface area contributed by atoms with Gasteiger partial charge in [0.25, 0.3) is 0 Å². The summed E-state index contributed by atoms with van der Waals surface area (Å²) in [6, 6.07) is 15.2. The molecule has 5 heteroatoms. The van der Waals surface area contributed by atoms with Crippen molar-refractivity contribution in [2.24, 2.45) is 0 Å². The maximum atomic E-state index is 12.3. The van der Waals surface area contributed by atoms with Crippen LogP contribution in [0, 0.1) is 0 Å². The number of hydrogen-bond donors (Lipinski definition) is 1. The van der Waals surface area contributed by atoms with E-state index in [1.165, 1.54) is 11.8 Å². The molecular weight excluding hydrogens is 298 g/mol. The maximum Gasteiger partial charge on any atom is 0.237 e. The lowest BCUT2D eigenvalue weighted by Crippen LogP contribution is -2.22. The van der Waals surface area contributed by atoms with Gasteiger partial charge in [0.2, 0.25) is 5.91 Å². The molecule has 0 radical (unpaired) electrons. The molecule has 0 spiro atoms. The molecule has 1 atom stereocenters. The van der Waals surface area contributed by atoms with E-state index in [4.69, 9.17) is 9.47 Å². The largest absolute Gasteiger partial charge is 0.493 e. The number of thioether (sulfide) groups is 1. The van der Waals surface area contributed by atoms with Crippen LogP contribution in [0.25, 0.3) is 0 Å². The van der Waals surface area contributed by atoms with Gasteiger partial charge in [-0.2, -0.15) is 0 Å². The Labute approximate surface area is 134 Å². The fourth-order valence-corrected chi connectivity index (χ4v) is 2.80. The Hall–Kier alpha value is -2.14. The summed E-state index contributed by atoms with van der Waals surface area (Å²) < 4.78 is 10.4. The molecule has 2 aromatic carbocycles. The molecule has 2 rings (SSSR count). The Morgan fingerprint density at radius 3 is 2.36 bits per heavy atom. The molecule has 0 fully saturated rings. The molecule has 0 aliphatic rings. The van der Waals surface area contributed by atoms with Crippen LogP contribution >= 0.6 is 11.8 Å². The first-order chi connectivity index (χ1) is 10.6. The van der Waals surface area contributed by atoms with Crippen molar-refractivity contribution in [3.8, 4) is 11.5 Å². The second kappa shape index (κ2) is 7.75. The molecule has 0 saturated heterocycles. The van der Waals surface area contributed by atoms with Gasteiger partial charge in [0.15, 0.2) is 11.5 Å². The highest BCUT2D eigenvalue weighted by molar-refractivity contribution is 8.00. The van der Waals surface area contributed by atoms with E-state index in [1.54, 1.807) is 32.4 Å². The molecule has 22 heavy (non-hydrogen) atoms. The fourth-order valence-electron chi connectivity index (χ4n) is 1.91. The highest BCUT2D eigenvalue weighted by Crippen LogP contribution is 2.30. The standard InChI is InChI=1S/C17H19NO3S/c1-12(22-14-7-5-4-6-8-14)17(19)18-13-9-10-15(20-2)16(11-13)21-3/h4-12H,1-3H3,(H,18,19)/t12-/m1/s1. The van der Waals surface area contributed by atoms with Crippen molar-refractivity contribution in [3.05, 3.63) is 48.5 Å². The van der Waals surface area contributed by atoms with E-state index in [9.17, 15) is 4.79 Å². The average molecular weight is 317 g/mol. The van der Waals surface area contributed by atoms with Gasteiger partial charge in [0.05, 0.1) is 19.5 Å². The van der Waals surface area contributed by atoms with Gasteiger partial charge in [-0.15, -0.1) is 11.8 Å². The van der Waals surface area contributed by atoms with Crippen LogP contribution in [0.2, 0.25) is 0 Å². The fraction of sp³-hybridized carbons (Fsp3) is 0.235. The molecular formula is C17H19NO3S. The van der Waals surface area contributed by atoms with E-state index >= 15 is 0 Å². The lowest BCUT2D eigenvalue weighted by molar-refractivity contribution is -0.115. The Kier molecular flexibility index (Phi) is 5.72. The number of ether oxygens (including phenoxy) is 2. The molecule has 0 bridgehead atoms. The predicted molar refractivity (Wildman–Crippen MR) is 89.9 cm³/mol. The van der Waals surface area contributed by atoms with E-state index in [2.05, 4.69) is 5.32 Å². The zero-order valence-electron chi connectivity index (χ0n) is 12.8. The first kappa shape index (κ1) is 16.2. The van der Waals surface area contributed by atoms with Gasteiger partial charge in [0.1, 0.15) is 0 Å². The number of nitrogens with one attached hydrogen (secondary N) is 1. The third-order valence-electron chi connectivity index (χ3n) is 3.08. The number of anilines is 1. The minimum absolute atomic E-state index is 0.0546. The molecule has 1 N–H and O–H groups in total. The van der Waals surface area contributed by atoms with Crippen LogP contribution < -0.4 is 14.8 Å². The van der Waals surface area contributed by atoms with Crippen molar-refractivity contribution in [2.75, 3.05) is 19.5 Å². The number of carbonyl (C=O) groups is 1. The molecule has 4 nitrogen and oxygen atoms in total. The summed E-state index contributed by atoms with van der Waals surface area (Å²) in [5.41, 5.74) is 0.683. The van der Waals surface area contributed by atoms with Crippen LogP contribution in [0.5, 0.6) is 11.5 Å². The van der Waals surface area contributed by atoms with Crippen molar-refractivity contribution in [2.45, 2.75) is 17.1 Å². The number of amides is 1. The average Bonchev–Trinajstić information content (AvgIpc) is 2.55. The maximum absolute atomic E-state index is 12.3. The smallest absolute Gasteiger partial charge is 0.237 e. The van der Waals surface area contributed by atoms with E-state index in [0.717, 1.165) is 4.90 Å². The molecule has 0 aromatic heterocycles. The number of benzene rings is 2. The zero-order chi connectivity index (χ0) is 15.9. The van der Waals surface area contributed by atoms with E-state index < -0.39 is 0 Å². The third-order valence-corrected chi connectivity index (χ3v) is 4.19. The minimum Gasteiger partial charge on any atom is -0.493 e. The molecule has 0 saturated carbocycles. The van der Waals surface area contributed by atoms with Crippen molar-refractivity contribution < 1.29 is 14.3 Å². The number of rotatable bonds is 6. The van der Waals surface area contributed by atoms with Crippen LogP contribution in [-0.4, -0.2) is 25.4 Å². The van der Waals surface area contributed by atoms with Crippen LogP contribution in [0.15, 0.2) is 53.4 Å². The Morgan fingerprint density at radius 2 is 1.73 bits per heavy atom. The predicted octanol–water partition coefficient (Wildman–Crippen LogP) is 3.82. The lowest BCUT2D eigenvalue weighted by Gasteiger charge is -2.14. The van der Waals surface area contributed by atoms with Crippen LogP contribution in [0.1, 0.15) is 6.92 Å². The first-order valence-corrected chi connectivity index (χ1v) is 7.76. The summed E-state index contributed by atoms with van der Waals surface area (Å²) in [5.74, 6) is 1.16. The van der Waals surface area contributed by atoms with E-state index in [-0.39, 0.29) is 11.2 Å². The summed E-state index contributed by atoms with van der Waals surface area (Å²) in [4.78, 5) is 13.3. The summed E-state index contributed by atoms with van der Waals surface area (Å²) in [6.07, 6.45) is 0. The van der Waals surface area contributed by atoms with Gasteiger partial charge in [-0.3, -0.25) is 4.79 Å². The van der Waals surface area contributed by atoms with Crippen molar-refractivity contribution in [1.29, 1.82) is 0 Å². The van der Waals surface area contributed by atoms with Gasteiger partial charge < -0.3 is 14.8 Å². The summed E-state index contributed by atoms with van der Waals surface area (Å²) >= 11 is 1.52. The minimum atomic E-state index is -0.199. The van der Waals surface area contributed by atoms with Gasteiger partial charge in [-0.1, -0.05) is 18.2 Å². The van der Waals surface area contributed by atoms with Gasteiger partial charge >= 0.3 is 0 Å².